The maximum Gasteiger partial charge on any atom is 0.227 e. The van der Waals surface area contributed by atoms with Crippen molar-refractivity contribution in [2.24, 2.45) is 12.5 Å². The van der Waals surface area contributed by atoms with Gasteiger partial charge in [0.15, 0.2) is 0 Å². The number of likely N-dealkylation sites (tertiary alicyclic amines) is 1. The van der Waals surface area contributed by atoms with E-state index in [1.54, 1.807) is 0 Å². The molecule has 1 unspecified atom stereocenters. The van der Waals surface area contributed by atoms with Gasteiger partial charge >= 0.3 is 0 Å². The fourth-order valence-electron chi connectivity index (χ4n) is 3.91. The van der Waals surface area contributed by atoms with Gasteiger partial charge < -0.3 is 5.32 Å². The fourth-order valence-corrected chi connectivity index (χ4v) is 3.91. The lowest BCUT2D eigenvalue weighted by atomic mass is 9.80. The van der Waals surface area contributed by atoms with Crippen molar-refractivity contribution in [3.63, 3.8) is 0 Å². The van der Waals surface area contributed by atoms with Gasteiger partial charge in [-0.1, -0.05) is 12.8 Å². The smallest absolute Gasteiger partial charge is 0.227 e. The van der Waals surface area contributed by atoms with Gasteiger partial charge in [-0.25, -0.2) is 0 Å². The minimum absolute atomic E-state index is 0.247. The Bertz CT molecular complexity index is 520. The topological polar surface area (TPSA) is 50.2 Å². The van der Waals surface area contributed by atoms with Crippen LogP contribution in [0, 0.1) is 5.41 Å². The summed E-state index contributed by atoms with van der Waals surface area (Å²) in [5.41, 5.74) is 0.978. The highest BCUT2D eigenvalue weighted by molar-refractivity contribution is 5.82. The molecule has 0 spiro atoms. The third kappa shape index (κ3) is 3.51. The number of nitrogens with zero attached hydrogens (tertiary/aromatic N) is 3. The van der Waals surface area contributed by atoms with E-state index in [2.05, 4.69) is 28.4 Å². The van der Waals surface area contributed by atoms with E-state index < -0.39 is 0 Å². The van der Waals surface area contributed by atoms with E-state index in [4.69, 9.17) is 0 Å². The summed E-state index contributed by atoms with van der Waals surface area (Å²) in [5.74, 6) is 0.260. The van der Waals surface area contributed by atoms with Gasteiger partial charge in [0.25, 0.3) is 0 Å². The van der Waals surface area contributed by atoms with Crippen LogP contribution in [0.2, 0.25) is 0 Å². The second kappa shape index (κ2) is 6.41. The van der Waals surface area contributed by atoms with Crippen LogP contribution in [-0.4, -0.2) is 39.7 Å². The standard InChI is InChI=1S/C17H28N4O/c1-17(16(22)19-15-6-3-4-7-15)8-5-9-21(13-17)12-14-10-18-20(2)11-14/h10-11,15H,3-9,12-13H2,1-2H3,(H,19,22). The number of rotatable bonds is 4. The molecule has 1 N–H and O–H groups in total. The highest BCUT2D eigenvalue weighted by atomic mass is 16.2. The first kappa shape index (κ1) is 15.5. The summed E-state index contributed by atoms with van der Waals surface area (Å²) in [6, 6.07) is 0.415. The summed E-state index contributed by atoms with van der Waals surface area (Å²) in [6.45, 7) is 4.94. The number of piperidine rings is 1. The molecule has 1 aromatic rings. The predicted molar refractivity (Wildman–Crippen MR) is 86.2 cm³/mol. The Balaban J connectivity index is 1.59. The number of carbonyl (C=O) groups excluding carboxylic acids is 1. The number of amides is 1. The molecular weight excluding hydrogens is 276 g/mol. The maximum absolute atomic E-state index is 12.7. The van der Waals surface area contributed by atoms with Gasteiger partial charge in [0, 0.05) is 37.9 Å². The Hall–Kier alpha value is -1.36. The summed E-state index contributed by atoms with van der Waals surface area (Å²) in [5, 5.41) is 7.53. The summed E-state index contributed by atoms with van der Waals surface area (Å²) >= 11 is 0. The predicted octanol–water partition coefficient (Wildman–Crippen LogP) is 2.08. The van der Waals surface area contributed by atoms with Crippen LogP contribution < -0.4 is 5.32 Å². The molecule has 122 valence electrons. The molecule has 1 aliphatic heterocycles. The van der Waals surface area contributed by atoms with E-state index >= 15 is 0 Å². The van der Waals surface area contributed by atoms with Crippen molar-refractivity contribution in [2.45, 2.75) is 58.0 Å². The molecule has 22 heavy (non-hydrogen) atoms. The Morgan fingerprint density at radius 2 is 2.18 bits per heavy atom. The molecule has 3 rings (SSSR count). The van der Waals surface area contributed by atoms with Gasteiger partial charge in [0.05, 0.1) is 11.6 Å². The quantitative estimate of drug-likeness (QED) is 0.926. The van der Waals surface area contributed by atoms with E-state index in [9.17, 15) is 4.79 Å². The minimum atomic E-state index is -0.247. The van der Waals surface area contributed by atoms with Crippen LogP contribution in [0.4, 0.5) is 0 Å². The van der Waals surface area contributed by atoms with Crippen molar-refractivity contribution in [3.05, 3.63) is 18.0 Å². The number of nitrogens with one attached hydrogen (secondary N) is 1. The van der Waals surface area contributed by atoms with Gasteiger partial charge in [-0.15, -0.1) is 0 Å². The highest BCUT2D eigenvalue weighted by Gasteiger charge is 2.38. The van der Waals surface area contributed by atoms with E-state index in [0.29, 0.717) is 6.04 Å². The van der Waals surface area contributed by atoms with E-state index in [0.717, 1.165) is 45.3 Å². The van der Waals surface area contributed by atoms with Gasteiger partial charge in [-0.05, 0) is 39.2 Å². The molecule has 1 saturated heterocycles. The van der Waals surface area contributed by atoms with Gasteiger partial charge in [-0.2, -0.15) is 5.10 Å². The first-order chi connectivity index (χ1) is 10.5. The zero-order valence-corrected chi connectivity index (χ0v) is 13.8. The molecule has 1 aliphatic carbocycles. The number of hydrogen-bond acceptors (Lipinski definition) is 3. The molecule has 0 aromatic carbocycles. The molecule has 1 atom stereocenters. The summed E-state index contributed by atoms with van der Waals surface area (Å²) in [4.78, 5) is 15.1. The van der Waals surface area contributed by atoms with Crippen molar-refractivity contribution in [2.75, 3.05) is 13.1 Å². The monoisotopic (exact) mass is 304 g/mol. The minimum Gasteiger partial charge on any atom is -0.353 e. The second-order valence-electron chi connectivity index (χ2n) is 7.35. The molecule has 0 radical (unpaired) electrons. The van der Waals surface area contributed by atoms with Crippen LogP contribution in [0.15, 0.2) is 12.4 Å². The first-order valence-electron chi connectivity index (χ1n) is 8.56. The zero-order chi connectivity index (χ0) is 15.6. The first-order valence-corrected chi connectivity index (χ1v) is 8.56. The molecule has 1 amide bonds. The lowest BCUT2D eigenvalue weighted by molar-refractivity contribution is -0.134. The SMILES string of the molecule is Cn1cc(CN2CCCC(C)(C(=O)NC3CCCC3)C2)cn1. The van der Waals surface area contributed by atoms with Crippen LogP contribution in [0.3, 0.4) is 0 Å². The normalized spacial score (nSPS) is 27.2. The Morgan fingerprint density at radius 1 is 1.41 bits per heavy atom. The third-order valence-corrected chi connectivity index (χ3v) is 5.18. The zero-order valence-electron chi connectivity index (χ0n) is 13.8. The van der Waals surface area contributed by atoms with Crippen molar-refractivity contribution < 1.29 is 4.79 Å². The lowest BCUT2D eigenvalue weighted by Gasteiger charge is -2.39. The molecule has 2 heterocycles. The average Bonchev–Trinajstić information content (AvgIpc) is 3.11. The van der Waals surface area contributed by atoms with E-state index in [-0.39, 0.29) is 11.3 Å². The fraction of sp³-hybridized carbons (Fsp3) is 0.765. The largest absolute Gasteiger partial charge is 0.353 e. The van der Waals surface area contributed by atoms with Gasteiger partial charge in [0.2, 0.25) is 5.91 Å². The maximum atomic E-state index is 12.7. The van der Waals surface area contributed by atoms with Crippen molar-refractivity contribution in [1.82, 2.24) is 20.0 Å². The van der Waals surface area contributed by atoms with Crippen LogP contribution in [0.25, 0.3) is 0 Å². The second-order valence-corrected chi connectivity index (χ2v) is 7.35. The highest BCUT2D eigenvalue weighted by Crippen LogP contribution is 2.31. The molecule has 1 aromatic heterocycles. The summed E-state index contributed by atoms with van der Waals surface area (Å²) in [7, 11) is 1.94. The number of carbonyl (C=O) groups is 1. The average molecular weight is 304 g/mol. The molecule has 1 saturated carbocycles. The van der Waals surface area contributed by atoms with Crippen molar-refractivity contribution >= 4 is 5.91 Å². The Morgan fingerprint density at radius 3 is 2.86 bits per heavy atom. The van der Waals surface area contributed by atoms with Crippen LogP contribution in [0.5, 0.6) is 0 Å². The Kier molecular flexibility index (Phi) is 4.52. The van der Waals surface area contributed by atoms with Gasteiger partial charge in [-0.3, -0.25) is 14.4 Å². The van der Waals surface area contributed by atoms with Gasteiger partial charge in [0.1, 0.15) is 0 Å². The molecule has 5 nitrogen and oxygen atoms in total. The molecule has 5 heteroatoms. The molecule has 2 fully saturated rings. The Labute approximate surface area is 133 Å². The molecular formula is C17H28N4O. The molecule has 0 bridgehead atoms. The van der Waals surface area contributed by atoms with Crippen LogP contribution in [-0.2, 0) is 18.4 Å². The molecule has 2 aliphatic rings. The lowest BCUT2D eigenvalue weighted by Crippen LogP contribution is -2.51. The van der Waals surface area contributed by atoms with Crippen molar-refractivity contribution in [3.8, 4) is 0 Å². The van der Waals surface area contributed by atoms with Crippen molar-refractivity contribution in [1.29, 1.82) is 0 Å². The van der Waals surface area contributed by atoms with E-state index in [1.807, 2.05) is 17.9 Å². The van der Waals surface area contributed by atoms with E-state index in [1.165, 1.54) is 18.4 Å². The number of aryl methyl sites for hydroxylation is 1. The summed E-state index contributed by atoms with van der Waals surface area (Å²) < 4.78 is 1.84. The third-order valence-electron chi connectivity index (χ3n) is 5.18. The number of hydrogen-bond donors (Lipinski definition) is 1. The summed E-state index contributed by atoms with van der Waals surface area (Å²) in [6.07, 6.45) is 10.9. The number of aromatic nitrogens is 2. The van der Waals surface area contributed by atoms with Crippen LogP contribution >= 0.6 is 0 Å². The van der Waals surface area contributed by atoms with Crippen LogP contribution in [0.1, 0.15) is 51.0 Å².